The van der Waals surface area contributed by atoms with Crippen LogP contribution in [0, 0.1) is 6.92 Å². The number of nitrogens with zero attached hydrogens (tertiary/aromatic N) is 2. The Morgan fingerprint density at radius 3 is 2.77 bits per heavy atom. The van der Waals surface area contributed by atoms with Gasteiger partial charge < -0.3 is 15.3 Å². The molecular weight excluding hydrogens is 354 g/mol. The fourth-order valence-corrected chi connectivity index (χ4v) is 3.29. The molecule has 2 aromatic rings. The lowest BCUT2D eigenvalue weighted by Gasteiger charge is -2.36. The molecule has 0 bridgehead atoms. The summed E-state index contributed by atoms with van der Waals surface area (Å²) < 4.78 is 0. The molecule has 136 valence electrons. The van der Waals surface area contributed by atoms with E-state index >= 15 is 0 Å². The van der Waals surface area contributed by atoms with Gasteiger partial charge in [0, 0.05) is 29.9 Å². The van der Waals surface area contributed by atoms with E-state index in [0.717, 1.165) is 5.56 Å². The number of hydrogen-bond donors (Lipinski definition) is 2. The summed E-state index contributed by atoms with van der Waals surface area (Å²) in [6.07, 6.45) is 1.19. The first-order valence-electron chi connectivity index (χ1n) is 8.41. The predicted molar refractivity (Wildman–Crippen MR) is 98.2 cm³/mol. The van der Waals surface area contributed by atoms with E-state index in [1.807, 2.05) is 6.92 Å². The lowest BCUT2D eigenvalue weighted by Crippen LogP contribution is -2.55. The van der Waals surface area contributed by atoms with Gasteiger partial charge in [0.2, 0.25) is 0 Å². The molecule has 0 unspecified atom stereocenters. The highest BCUT2D eigenvalue weighted by Gasteiger charge is 2.32. The number of aryl methyl sites for hydroxylation is 1. The van der Waals surface area contributed by atoms with Crippen molar-refractivity contribution in [1.82, 2.24) is 15.2 Å². The molecule has 0 aliphatic carbocycles. The Labute approximate surface area is 156 Å². The molecule has 2 N–H and O–H groups in total. The maximum atomic E-state index is 12.5. The van der Waals surface area contributed by atoms with Gasteiger partial charge in [-0.1, -0.05) is 17.7 Å². The van der Waals surface area contributed by atoms with Crippen molar-refractivity contribution in [3.05, 3.63) is 64.4 Å². The van der Waals surface area contributed by atoms with Gasteiger partial charge in [0.1, 0.15) is 5.69 Å². The number of aliphatic hydroxyl groups excluding tert-OH is 1. The number of carbonyl (C=O) groups is 2. The van der Waals surface area contributed by atoms with Crippen molar-refractivity contribution in [1.29, 1.82) is 0 Å². The van der Waals surface area contributed by atoms with Gasteiger partial charge in [0.25, 0.3) is 11.8 Å². The number of hydrogen-bond acceptors (Lipinski definition) is 4. The fraction of sp³-hybridized carbons (Fsp3) is 0.316. The minimum Gasteiger partial charge on any atom is -0.389 e. The van der Waals surface area contributed by atoms with Gasteiger partial charge in [-0.3, -0.25) is 14.6 Å². The Balaban J connectivity index is 1.62. The van der Waals surface area contributed by atoms with Crippen LogP contribution >= 0.6 is 11.6 Å². The Morgan fingerprint density at radius 1 is 1.31 bits per heavy atom. The van der Waals surface area contributed by atoms with Crippen molar-refractivity contribution in [2.75, 3.05) is 13.1 Å². The number of amides is 2. The van der Waals surface area contributed by atoms with Crippen molar-refractivity contribution < 1.29 is 14.7 Å². The van der Waals surface area contributed by atoms with E-state index in [9.17, 15) is 14.7 Å². The second-order valence-corrected chi connectivity index (χ2v) is 6.80. The number of β-amino-alcohol motifs (C(OH)–C–C–N with tert-alkyl or cyclic N) is 1. The summed E-state index contributed by atoms with van der Waals surface area (Å²) in [6, 6.07) is 9.77. The molecule has 1 aliphatic rings. The number of carbonyl (C=O) groups excluding carboxylic acids is 2. The number of aromatic nitrogens is 1. The van der Waals surface area contributed by atoms with Crippen molar-refractivity contribution in [3.8, 4) is 0 Å². The summed E-state index contributed by atoms with van der Waals surface area (Å²) in [6.45, 7) is 2.41. The third-order valence-electron chi connectivity index (χ3n) is 4.50. The van der Waals surface area contributed by atoms with Crippen LogP contribution in [0.15, 0.2) is 42.6 Å². The quantitative estimate of drug-likeness (QED) is 0.862. The van der Waals surface area contributed by atoms with Crippen molar-refractivity contribution >= 4 is 23.4 Å². The number of aliphatic hydroxyl groups is 1. The lowest BCUT2D eigenvalue weighted by molar-refractivity contribution is 0.0311. The van der Waals surface area contributed by atoms with Gasteiger partial charge in [-0.15, -0.1) is 0 Å². The maximum Gasteiger partial charge on any atom is 0.272 e. The predicted octanol–water partition coefficient (Wildman–Crippen LogP) is 2.05. The maximum absolute atomic E-state index is 12.5. The van der Waals surface area contributed by atoms with Crippen LogP contribution in [-0.4, -0.2) is 52.0 Å². The van der Waals surface area contributed by atoms with Crippen LogP contribution in [-0.2, 0) is 0 Å². The summed E-state index contributed by atoms with van der Waals surface area (Å²) >= 11 is 5.92. The number of nitrogens with one attached hydrogen (secondary N) is 1. The monoisotopic (exact) mass is 373 g/mol. The second-order valence-electron chi connectivity index (χ2n) is 6.36. The fourth-order valence-electron chi connectivity index (χ4n) is 3.06. The van der Waals surface area contributed by atoms with Crippen molar-refractivity contribution in [3.63, 3.8) is 0 Å². The zero-order valence-electron chi connectivity index (χ0n) is 14.4. The Bertz CT molecular complexity index is 813. The highest BCUT2D eigenvalue weighted by molar-refractivity contribution is 6.30. The van der Waals surface area contributed by atoms with Crippen LogP contribution in [0.1, 0.15) is 32.8 Å². The molecule has 0 saturated carbocycles. The SMILES string of the molecule is Cc1cc(Cl)ccc1C(=O)N[C@@H]1CCN(C(=O)c2ccccn2)C[C@H]1O. The van der Waals surface area contributed by atoms with E-state index in [-0.39, 0.29) is 18.4 Å². The van der Waals surface area contributed by atoms with Gasteiger partial charge in [0.15, 0.2) is 0 Å². The molecule has 0 spiro atoms. The Hall–Kier alpha value is -2.44. The van der Waals surface area contributed by atoms with Gasteiger partial charge in [0.05, 0.1) is 12.1 Å². The molecule has 7 heteroatoms. The smallest absolute Gasteiger partial charge is 0.272 e. The average Bonchev–Trinajstić information content (AvgIpc) is 2.63. The second kappa shape index (κ2) is 7.85. The van der Waals surface area contributed by atoms with Crippen LogP contribution in [0.3, 0.4) is 0 Å². The zero-order chi connectivity index (χ0) is 18.7. The van der Waals surface area contributed by atoms with E-state index in [0.29, 0.717) is 29.2 Å². The van der Waals surface area contributed by atoms with Gasteiger partial charge in [-0.2, -0.15) is 0 Å². The minimum atomic E-state index is -0.840. The highest BCUT2D eigenvalue weighted by Crippen LogP contribution is 2.18. The molecule has 2 amide bonds. The molecular formula is C19H20ClN3O3. The summed E-state index contributed by atoms with van der Waals surface area (Å²) in [5, 5.41) is 13.8. The highest BCUT2D eigenvalue weighted by atomic mass is 35.5. The van der Waals surface area contributed by atoms with E-state index in [4.69, 9.17) is 11.6 Å². The van der Waals surface area contributed by atoms with Crippen molar-refractivity contribution in [2.24, 2.45) is 0 Å². The number of likely N-dealkylation sites (tertiary alicyclic amines) is 1. The average molecular weight is 374 g/mol. The van der Waals surface area contributed by atoms with E-state index in [1.165, 1.54) is 0 Å². The molecule has 2 atom stereocenters. The number of pyridine rings is 1. The number of halogens is 1. The van der Waals surface area contributed by atoms with Crippen LogP contribution in [0.4, 0.5) is 0 Å². The normalized spacial score (nSPS) is 19.9. The Kier molecular flexibility index (Phi) is 5.54. The van der Waals surface area contributed by atoms with E-state index < -0.39 is 12.1 Å². The first kappa shape index (κ1) is 18.4. The largest absolute Gasteiger partial charge is 0.389 e. The third kappa shape index (κ3) is 4.03. The van der Waals surface area contributed by atoms with Crippen LogP contribution < -0.4 is 5.32 Å². The lowest BCUT2D eigenvalue weighted by atomic mass is 10.00. The molecule has 6 nitrogen and oxygen atoms in total. The first-order valence-corrected chi connectivity index (χ1v) is 8.79. The summed E-state index contributed by atoms with van der Waals surface area (Å²) in [7, 11) is 0. The van der Waals surface area contributed by atoms with E-state index in [1.54, 1.807) is 47.5 Å². The molecule has 3 rings (SSSR count). The molecule has 1 aromatic carbocycles. The van der Waals surface area contributed by atoms with E-state index in [2.05, 4.69) is 10.3 Å². The molecule has 1 fully saturated rings. The number of rotatable bonds is 3. The van der Waals surface area contributed by atoms with Crippen LogP contribution in [0.25, 0.3) is 0 Å². The molecule has 1 saturated heterocycles. The minimum absolute atomic E-state index is 0.153. The number of benzene rings is 1. The molecule has 26 heavy (non-hydrogen) atoms. The van der Waals surface area contributed by atoms with Crippen LogP contribution in [0.2, 0.25) is 5.02 Å². The Morgan fingerprint density at radius 2 is 2.12 bits per heavy atom. The van der Waals surface area contributed by atoms with Gasteiger partial charge in [-0.25, -0.2) is 0 Å². The number of piperidine rings is 1. The molecule has 0 radical (unpaired) electrons. The molecule has 2 heterocycles. The first-order chi connectivity index (χ1) is 12.5. The summed E-state index contributed by atoms with van der Waals surface area (Å²) in [5.41, 5.74) is 1.64. The van der Waals surface area contributed by atoms with Gasteiger partial charge >= 0.3 is 0 Å². The summed E-state index contributed by atoms with van der Waals surface area (Å²) in [5.74, 6) is -0.476. The molecule has 1 aromatic heterocycles. The third-order valence-corrected chi connectivity index (χ3v) is 4.74. The van der Waals surface area contributed by atoms with Crippen molar-refractivity contribution in [2.45, 2.75) is 25.5 Å². The zero-order valence-corrected chi connectivity index (χ0v) is 15.1. The molecule has 1 aliphatic heterocycles. The summed E-state index contributed by atoms with van der Waals surface area (Å²) in [4.78, 5) is 30.5. The topological polar surface area (TPSA) is 82.5 Å². The van der Waals surface area contributed by atoms with Crippen LogP contribution in [0.5, 0.6) is 0 Å². The standard InChI is InChI=1S/C19H20ClN3O3/c1-12-10-13(20)5-6-14(12)18(25)22-15-7-9-23(11-17(15)24)19(26)16-4-2-3-8-21-16/h2-6,8,10,15,17,24H,7,9,11H2,1H3,(H,22,25)/t15-,17-/m1/s1. The van der Waals surface area contributed by atoms with Gasteiger partial charge in [-0.05, 0) is 49.2 Å².